The van der Waals surface area contributed by atoms with Crippen molar-refractivity contribution in [1.82, 2.24) is 9.55 Å². The van der Waals surface area contributed by atoms with Crippen LogP contribution in [0.3, 0.4) is 0 Å². The summed E-state index contributed by atoms with van der Waals surface area (Å²) < 4.78 is 7.04. The topological polar surface area (TPSA) is 56.1 Å². The lowest BCUT2D eigenvalue weighted by molar-refractivity contribution is -0.136. The Morgan fingerprint density at radius 1 is 1.20 bits per heavy atom. The molecule has 0 spiro atoms. The minimum absolute atomic E-state index is 0.390. The van der Waals surface area contributed by atoms with Crippen LogP contribution in [0.25, 0.3) is 11.0 Å². The molecule has 0 aliphatic carbocycles. The van der Waals surface area contributed by atoms with Gasteiger partial charge < -0.3 is 10.1 Å². The molecule has 0 saturated carbocycles. The highest BCUT2D eigenvalue weighted by Gasteiger charge is 2.35. The molecule has 3 aromatic rings. The van der Waals surface area contributed by atoms with Gasteiger partial charge in [0, 0.05) is 10.7 Å². The van der Waals surface area contributed by atoms with E-state index in [0.717, 1.165) is 16.6 Å². The number of fused-ring (bicyclic) bond motifs is 3. The fourth-order valence-electron chi connectivity index (χ4n) is 3.33. The molecule has 1 N–H and O–H groups in total. The number of ether oxygens (including phenoxy) is 1. The second-order valence-electron chi connectivity index (χ2n) is 5.87. The summed E-state index contributed by atoms with van der Waals surface area (Å²) in [6.45, 7) is 1.85. The zero-order valence-electron chi connectivity index (χ0n) is 13.8. The molecule has 4 rings (SSSR count). The minimum atomic E-state index is -0.412. The molecule has 0 unspecified atom stereocenters. The average Bonchev–Trinajstić information content (AvgIpc) is 2.98. The van der Waals surface area contributed by atoms with E-state index < -0.39 is 12.0 Å². The lowest BCUT2D eigenvalue weighted by Gasteiger charge is -2.30. The number of imidazole rings is 1. The Morgan fingerprint density at radius 2 is 1.92 bits per heavy atom. The maximum Gasteiger partial charge on any atom is 0.337 e. The van der Waals surface area contributed by atoms with Gasteiger partial charge in [-0.15, -0.1) is 0 Å². The van der Waals surface area contributed by atoms with Crippen molar-refractivity contribution in [3.05, 3.63) is 70.4 Å². The van der Waals surface area contributed by atoms with Crippen molar-refractivity contribution in [1.29, 1.82) is 0 Å². The van der Waals surface area contributed by atoms with Crippen LogP contribution in [0.4, 0.5) is 5.95 Å². The summed E-state index contributed by atoms with van der Waals surface area (Å²) in [5, 5.41) is 3.81. The summed E-state index contributed by atoms with van der Waals surface area (Å²) in [5.41, 5.74) is 3.82. The number of esters is 1. The first-order valence-corrected chi connectivity index (χ1v) is 8.27. The molecule has 1 aromatic heterocycles. The van der Waals surface area contributed by atoms with Gasteiger partial charge in [-0.3, -0.25) is 4.57 Å². The number of hydrogen-bond acceptors (Lipinski definition) is 4. The number of anilines is 1. The second kappa shape index (κ2) is 5.93. The largest absolute Gasteiger partial charge is 0.466 e. The molecule has 2 aromatic carbocycles. The molecular formula is C19H16ClN3O2. The Morgan fingerprint density at radius 3 is 2.68 bits per heavy atom. The minimum Gasteiger partial charge on any atom is -0.466 e. The predicted octanol–water partition coefficient (Wildman–Crippen LogP) is 4.15. The summed E-state index contributed by atoms with van der Waals surface area (Å²) in [7, 11) is 1.38. The van der Waals surface area contributed by atoms with Crippen LogP contribution in [-0.2, 0) is 9.53 Å². The first kappa shape index (κ1) is 15.7. The molecule has 0 saturated heterocycles. The number of benzene rings is 2. The number of carbonyl (C=O) groups excluding carboxylic acids is 1. The first-order valence-electron chi connectivity index (χ1n) is 7.89. The highest BCUT2D eigenvalue weighted by molar-refractivity contribution is 6.31. The van der Waals surface area contributed by atoms with Gasteiger partial charge in [-0.05, 0) is 30.7 Å². The van der Waals surface area contributed by atoms with Crippen LogP contribution in [0.2, 0.25) is 5.02 Å². The summed E-state index contributed by atoms with van der Waals surface area (Å²) in [6, 6.07) is 14.9. The van der Waals surface area contributed by atoms with Crippen molar-refractivity contribution in [2.75, 3.05) is 12.4 Å². The van der Waals surface area contributed by atoms with Crippen LogP contribution in [-0.4, -0.2) is 22.6 Å². The van der Waals surface area contributed by atoms with Gasteiger partial charge >= 0.3 is 5.97 Å². The van der Waals surface area contributed by atoms with Crippen LogP contribution < -0.4 is 5.32 Å². The smallest absolute Gasteiger partial charge is 0.337 e. The number of carbonyl (C=O) groups is 1. The van der Waals surface area contributed by atoms with Crippen LogP contribution in [0.15, 0.2) is 59.8 Å². The number of para-hydroxylation sites is 2. The molecule has 0 radical (unpaired) electrons. The van der Waals surface area contributed by atoms with Gasteiger partial charge in [0.2, 0.25) is 5.95 Å². The van der Waals surface area contributed by atoms with E-state index in [2.05, 4.69) is 10.3 Å². The van der Waals surface area contributed by atoms with Crippen LogP contribution in [0.5, 0.6) is 0 Å². The van der Waals surface area contributed by atoms with Gasteiger partial charge in [0.25, 0.3) is 0 Å². The zero-order chi connectivity index (χ0) is 17.6. The van der Waals surface area contributed by atoms with Crippen molar-refractivity contribution < 1.29 is 9.53 Å². The molecule has 5 nitrogen and oxygen atoms in total. The van der Waals surface area contributed by atoms with Gasteiger partial charge in [-0.1, -0.05) is 41.9 Å². The lowest BCUT2D eigenvalue weighted by atomic mass is 9.95. The molecular weight excluding hydrogens is 338 g/mol. The van der Waals surface area contributed by atoms with Crippen LogP contribution in [0, 0.1) is 0 Å². The maximum absolute atomic E-state index is 12.5. The molecule has 1 atom stereocenters. The van der Waals surface area contributed by atoms with Crippen molar-refractivity contribution in [3.8, 4) is 0 Å². The quantitative estimate of drug-likeness (QED) is 0.703. The molecule has 0 fully saturated rings. The normalized spacial score (nSPS) is 16.5. The average molecular weight is 354 g/mol. The molecule has 6 heteroatoms. The maximum atomic E-state index is 12.5. The summed E-state index contributed by atoms with van der Waals surface area (Å²) >= 11 is 6.47. The fraction of sp³-hybridized carbons (Fsp3) is 0.158. The lowest BCUT2D eigenvalue weighted by Crippen LogP contribution is -2.28. The first-order chi connectivity index (χ1) is 12.1. The van der Waals surface area contributed by atoms with Gasteiger partial charge in [-0.25, -0.2) is 9.78 Å². The van der Waals surface area contributed by atoms with Crippen molar-refractivity contribution >= 4 is 34.6 Å². The number of allylic oxidation sites excluding steroid dienone is 1. The number of methoxy groups -OCH3 is 1. The van der Waals surface area contributed by atoms with Crippen molar-refractivity contribution in [2.24, 2.45) is 0 Å². The third kappa shape index (κ3) is 2.39. The van der Waals surface area contributed by atoms with Gasteiger partial charge in [0.05, 0.1) is 29.8 Å². The highest BCUT2D eigenvalue weighted by atomic mass is 35.5. The van der Waals surface area contributed by atoms with Gasteiger partial charge in [0.15, 0.2) is 0 Å². The standard InChI is InChI=1S/C19H16ClN3O2/c1-11-16(18(24)25-2)17(12-7-3-4-8-13(12)20)23-15-10-6-5-9-14(15)22-19(23)21-11/h3-10,17H,1-2H3,(H,21,22)/t17-/m1/s1. The SMILES string of the molecule is COC(=O)C1=C(C)Nc2nc3ccccc3n2[C@@H]1c1ccccc1Cl. The molecule has 126 valence electrons. The van der Waals surface area contributed by atoms with Crippen molar-refractivity contribution in [3.63, 3.8) is 0 Å². The van der Waals surface area contributed by atoms with E-state index in [4.69, 9.17) is 16.3 Å². The number of nitrogens with one attached hydrogen (secondary N) is 1. The summed E-state index contributed by atoms with van der Waals surface area (Å²) in [5.74, 6) is 0.287. The summed E-state index contributed by atoms with van der Waals surface area (Å²) in [6.07, 6.45) is 0. The Hall–Kier alpha value is -2.79. The van der Waals surface area contributed by atoms with E-state index in [9.17, 15) is 4.79 Å². The van der Waals surface area contributed by atoms with E-state index in [1.54, 1.807) is 0 Å². The molecule has 0 bridgehead atoms. The van der Waals surface area contributed by atoms with E-state index >= 15 is 0 Å². The number of nitrogens with zero attached hydrogens (tertiary/aromatic N) is 2. The van der Waals surface area contributed by atoms with E-state index in [0.29, 0.717) is 22.2 Å². The molecule has 25 heavy (non-hydrogen) atoms. The number of aromatic nitrogens is 2. The number of hydrogen-bond donors (Lipinski definition) is 1. The second-order valence-corrected chi connectivity index (χ2v) is 6.28. The van der Waals surface area contributed by atoms with Gasteiger partial charge in [-0.2, -0.15) is 0 Å². The Balaban J connectivity index is 2.05. The molecule has 1 aliphatic heterocycles. The Bertz CT molecular complexity index is 1020. The number of halogens is 1. The fourth-order valence-corrected chi connectivity index (χ4v) is 3.57. The third-order valence-electron chi connectivity index (χ3n) is 4.44. The summed E-state index contributed by atoms with van der Waals surface area (Å²) in [4.78, 5) is 17.2. The van der Waals surface area contributed by atoms with E-state index in [1.165, 1.54) is 7.11 Å². The van der Waals surface area contributed by atoms with Crippen molar-refractivity contribution in [2.45, 2.75) is 13.0 Å². The monoisotopic (exact) mass is 353 g/mol. The predicted molar refractivity (Wildman–Crippen MR) is 97.7 cm³/mol. The molecule has 1 aliphatic rings. The number of rotatable bonds is 2. The van der Waals surface area contributed by atoms with E-state index in [1.807, 2.05) is 60.0 Å². The Kier molecular flexibility index (Phi) is 3.73. The van der Waals surface area contributed by atoms with Gasteiger partial charge in [0.1, 0.15) is 0 Å². The van der Waals surface area contributed by atoms with Crippen LogP contribution in [0.1, 0.15) is 18.5 Å². The molecule has 2 heterocycles. The zero-order valence-corrected chi connectivity index (χ0v) is 14.5. The molecule has 0 amide bonds. The Labute approximate surface area is 149 Å². The van der Waals surface area contributed by atoms with Crippen LogP contribution >= 0.6 is 11.6 Å². The van der Waals surface area contributed by atoms with E-state index in [-0.39, 0.29) is 0 Å². The highest BCUT2D eigenvalue weighted by Crippen LogP contribution is 2.41. The third-order valence-corrected chi connectivity index (χ3v) is 4.78.